The summed E-state index contributed by atoms with van der Waals surface area (Å²) in [5.74, 6) is -0.270. The quantitative estimate of drug-likeness (QED) is 0.903. The minimum atomic E-state index is -0.639. The molecule has 0 fully saturated rings. The number of aliphatic hydroxyl groups excluding tert-OH is 1. The molecule has 1 heterocycles. The van der Waals surface area contributed by atoms with Gasteiger partial charge >= 0.3 is 0 Å². The van der Waals surface area contributed by atoms with E-state index in [1.165, 1.54) is 6.07 Å². The number of rotatable bonds is 4. The summed E-state index contributed by atoms with van der Waals surface area (Å²) in [5, 5.41) is 14.1. The van der Waals surface area contributed by atoms with Gasteiger partial charge < -0.3 is 5.11 Å². The number of aryl methyl sites for hydroxylation is 3. The minimum absolute atomic E-state index is 0.270. The van der Waals surface area contributed by atoms with Crippen molar-refractivity contribution < 1.29 is 9.50 Å². The van der Waals surface area contributed by atoms with Crippen molar-refractivity contribution in [3.05, 3.63) is 53.1 Å². The van der Waals surface area contributed by atoms with E-state index in [0.29, 0.717) is 17.5 Å². The van der Waals surface area contributed by atoms with E-state index in [0.717, 1.165) is 12.0 Å². The Kier molecular flexibility index (Phi) is 3.77. The molecule has 2 rings (SSSR count). The van der Waals surface area contributed by atoms with Gasteiger partial charge in [-0.1, -0.05) is 12.1 Å². The Labute approximate surface area is 106 Å². The molecular formula is C14H17FN2O. The van der Waals surface area contributed by atoms with Crippen molar-refractivity contribution in [1.29, 1.82) is 0 Å². The number of hydrogen-bond donors (Lipinski definition) is 1. The van der Waals surface area contributed by atoms with Crippen LogP contribution in [-0.4, -0.2) is 14.9 Å². The minimum Gasteiger partial charge on any atom is -0.388 e. The van der Waals surface area contributed by atoms with Crippen molar-refractivity contribution >= 4 is 0 Å². The number of hydrogen-bond acceptors (Lipinski definition) is 2. The second-order valence-electron chi connectivity index (χ2n) is 4.59. The van der Waals surface area contributed by atoms with Crippen LogP contribution < -0.4 is 0 Å². The van der Waals surface area contributed by atoms with Crippen LogP contribution in [0.15, 0.2) is 30.6 Å². The van der Waals surface area contributed by atoms with Crippen LogP contribution in [0.25, 0.3) is 0 Å². The first-order chi connectivity index (χ1) is 8.56. The highest BCUT2D eigenvalue weighted by Crippen LogP contribution is 2.21. The molecule has 1 unspecified atom stereocenters. The predicted molar refractivity (Wildman–Crippen MR) is 67.6 cm³/mol. The molecule has 0 saturated carbocycles. The van der Waals surface area contributed by atoms with E-state index in [1.54, 1.807) is 29.9 Å². The van der Waals surface area contributed by atoms with Crippen molar-refractivity contribution in [2.45, 2.75) is 25.9 Å². The number of benzene rings is 1. The van der Waals surface area contributed by atoms with Crippen LogP contribution in [0.5, 0.6) is 0 Å². The third-order valence-electron chi connectivity index (χ3n) is 3.05. The van der Waals surface area contributed by atoms with Crippen LogP contribution in [-0.2, 0) is 13.5 Å². The average Bonchev–Trinajstić information content (AvgIpc) is 2.75. The van der Waals surface area contributed by atoms with E-state index in [1.807, 2.05) is 13.2 Å². The Bertz CT molecular complexity index is 536. The molecule has 0 saturated heterocycles. The predicted octanol–water partition coefficient (Wildman–Crippen LogP) is 2.53. The molecule has 1 atom stereocenters. The molecule has 96 valence electrons. The lowest BCUT2D eigenvalue weighted by atomic mass is 10.0. The van der Waals surface area contributed by atoms with Gasteiger partial charge in [-0.2, -0.15) is 5.10 Å². The molecule has 1 aromatic heterocycles. The topological polar surface area (TPSA) is 38.1 Å². The lowest BCUT2D eigenvalue weighted by Crippen LogP contribution is -2.00. The van der Waals surface area contributed by atoms with Crippen molar-refractivity contribution in [1.82, 2.24) is 9.78 Å². The number of nitrogens with zero attached hydrogens (tertiary/aromatic N) is 2. The van der Waals surface area contributed by atoms with E-state index >= 15 is 0 Å². The van der Waals surface area contributed by atoms with E-state index in [2.05, 4.69) is 5.10 Å². The van der Waals surface area contributed by atoms with E-state index in [9.17, 15) is 9.50 Å². The van der Waals surface area contributed by atoms with Crippen LogP contribution in [0.3, 0.4) is 0 Å². The molecule has 0 aliphatic rings. The van der Waals surface area contributed by atoms with E-state index in [4.69, 9.17) is 0 Å². The second-order valence-corrected chi connectivity index (χ2v) is 4.59. The molecule has 1 aromatic carbocycles. The van der Waals surface area contributed by atoms with E-state index < -0.39 is 6.10 Å². The van der Waals surface area contributed by atoms with Gasteiger partial charge in [0.25, 0.3) is 0 Å². The summed E-state index contributed by atoms with van der Waals surface area (Å²) in [6.45, 7) is 1.71. The third kappa shape index (κ3) is 2.96. The molecule has 0 aliphatic heterocycles. The normalized spacial score (nSPS) is 12.7. The van der Waals surface area contributed by atoms with Crippen LogP contribution in [0.1, 0.15) is 29.2 Å². The molecule has 2 aromatic rings. The molecule has 0 radical (unpaired) electrons. The zero-order valence-electron chi connectivity index (χ0n) is 10.6. The molecule has 0 spiro atoms. The highest BCUT2D eigenvalue weighted by molar-refractivity contribution is 5.25. The molecule has 18 heavy (non-hydrogen) atoms. The highest BCUT2D eigenvalue weighted by atomic mass is 19.1. The summed E-state index contributed by atoms with van der Waals surface area (Å²) in [7, 11) is 1.86. The van der Waals surface area contributed by atoms with Crippen molar-refractivity contribution in [3.63, 3.8) is 0 Å². The number of aliphatic hydroxyl groups is 1. The summed E-state index contributed by atoms with van der Waals surface area (Å²) in [6.07, 6.45) is 4.35. The van der Waals surface area contributed by atoms with Gasteiger partial charge in [-0.25, -0.2) is 4.39 Å². The maximum Gasteiger partial charge on any atom is 0.126 e. The number of aromatic nitrogens is 2. The number of halogens is 1. The summed E-state index contributed by atoms with van der Waals surface area (Å²) >= 11 is 0. The van der Waals surface area contributed by atoms with Gasteiger partial charge in [-0.05, 0) is 42.5 Å². The van der Waals surface area contributed by atoms with Crippen LogP contribution in [0, 0.1) is 12.7 Å². The fourth-order valence-electron chi connectivity index (χ4n) is 1.89. The molecule has 0 amide bonds. The fourth-order valence-corrected chi connectivity index (χ4v) is 1.89. The highest BCUT2D eigenvalue weighted by Gasteiger charge is 2.10. The first kappa shape index (κ1) is 12.8. The Morgan fingerprint density at radius 1 is 1.44 bits per heavy atom. The third-order valence-corrected chi connectivity index (χ3v) is 3.05. The zero-order valence-corrected chi connectivity index (χ0v) is 10.6. The Hall–Kier alpha value is -1.68. The maximum atomic E-state index is 13.4. The Balaban J connectivity index is 1.99. The first-order valence-electron chi connectivity index (χ1n) is 5.98. The lowest BCUT2D eigenvalue weighted by molar-refractivity contribution is 0.167. The Morgan fingerprint density at radius 2 is 2.22 bits per heavy atom. The monoisotopic (exact) mass is 248 g/mol. The summed E-state index contributed by atoms with van der Waals surface area (Å²) in [6, 6.07) is 4.87. The second kappa shape index (κ2) is 5.31. The van der Waals surface area contributed by atoms with Crippen LogP contribution in [0.2, 0.25) is 0 Å². The molecule has 0 bridgehead atoms. The van der Waals surface area contributed by atoms with Gasteiger partial charge in [0.15, 0.2) is 0 Å². The zero-order chi connectivity index (χ0) is 13.1. The molecule has 1 N–H and O–H groups in total. The molecular weight excluding hydrogens is 231 g/mol. The van der Waals surface area contributed by atoms with Crippen molar-refractivity contribution in [2.24, 2.45) is 7.05 Å². The van der Waals surface area contributed by atoms with E-state index in [-0.39, 0.29) is 5.82 Å². The lowest BCUT2D eigenvalue weighted by Gasteiger charge is -2.11. The summed E-state index contributed by atoms with van der Waals surface area (Å²) in [4.78, 5) is 0. The standard InChI is InChI=1S/C14H17FN2O/c1-10-3-5-12(7-13(10)15)14(18)6-4-11-8-16-17(2)9-11/h3,5,7-9,14,18H,4,6H2,1-2H3. The molecule has 3 nitrogen and oxygen atoms in total. The average molecular weight is 248 g/mol. The van der Waals surface area contributed by atoms with Gasteiger partial charge in [0.1, 0.15) is 5.82 Å². The smallest absolute Gasteiger partial charge is 0.126 e. The van der Waals surface area contributed by atoms with Gasteiger partial charge in [0.05, 0.1) is 12.3 Å². The maximum absolute atomic E-state index is 13.4. The molecule has 0 aliphatic carbocycles. The Morgan fingerprint density at radius 3 is 2.83 bits per heavy atom. The van der Waals surface area contributed by atoms with Gasteiger partial charge in [-0.3, -0.25) is 4.68 Å². The van der Waals surface area contributed by atoms with Gasteiger partial charge in [0.2, 0.25) is 0 Å². The summed E-state index contributed by atoms with van der Waals surface area (Å²) in [5.41, 5.74) is 2.30. The first-order valence-corrected chi connectivity index (χ1v) is 5.98. The van der Waals surface area contributed by atoms with Crippen molar-refractivity contribution in [2.75, 3.05) is 0 Å². The fraction of sp³-hybridized carbons (Fsp3) is 0.357. The largest absolute Gasteiger partial charge is 0.388 e. The van der Waals surface area contributed by atoms with Crippen LogP contribution in [0.4, 0.5) is 4.39 Å². The molecule has 4 heteroatoms. The van der Waals surface area contributed by atoms with Gasteiger partial charge in [-0.15, -0.1) is 0 Å². The summed E-state index contributed by atoms with van der Waals surface area (Å²) < 4.78 is 15.1. The van der Waals surface area contributed by atoms with Crippen LogP contribution >= 0.6 is 0 Å². The van der Waals surface area contributed by atoms with Crippen molar-refractivity contribution in [3.8, 4) is 0 Å². The van der Waals surface area contributed by atoms with Gasteiger partial charge in [0, 0.05) is 13.2 Å². The SMILES string of the molecule is Cc1ccc(C(O)CCc2cnn(C)c2)cc1F.